The number of carbonyl (C=O) groups excluding carboxylic acids is 1. The van der Waals surface area contributed by atoms with Crippen LogP contribution in [0.25, 0.3) is 0 Å². The summed E-state index contributed by atoms with van der Waals surface area (Å²) in [6.45, 7) is 3.22. The molecule has 0 radical (unpaired) electrons. The van der Waals surface area contributed by atoms with E-state index in [1.165, 1.54) is 11.1 Å². The second-order valence-electron chi connectivity index (χ2n) is 6.86. The van der Waals surface area contributed by atoms with Crippen LogP contribution in [0.2, 0.25) is 0 Å². The van der Waals surface area contributed by atoms with Crippen LogP contribution in [0.5, 0.6) is 0 Å². The number of thioether (sulfide) groups is 1. The van der Waals surface area contributed by atoms with Crippen molar-refractivity contribution in [2.24, 2.45) is 4.99 Å². The summed E-state index contributed by atoms with van der Waals surface area (Å²) >= 11 is 1.71. The Kier molecular flexibility index (Phi) is 5.19. The molecule has 4 nitrogen and oxygen atoms in total. The zero-order chi connectivity index (χ0) is 19.5. The Morgan fingerprint density at radius 1 is 1.25 bits per heavy atom. The lowest BCUT2D eigenvalue weighted by Crippen LogP contribution is -2.36. The van der Waals surface area contributed by atoms with Gasteiger partial charge in [-0.25, -0.2) is 0 Å². The lowest BCUT2D eigenvalue weighted by molar-refractivity contribution is 0.0734. The van der Waals surface area contributed by atoms with Crippen LogP contribution in [0.3, 0.4) is 0 Å². The average Bonchev–Trinajstić information content (AvgIpc) is 3.16. The number of carbonyl (C=O) groups is 1. The lowest BCUT2D eigenvalue weighted by Gasteiger charge is -2.29. The fraction of sp³-hybridized carbons (Fsp3) is 0.261. The second kappa shape index (κ2) is 7.92. The maximum absolute atomic E-state index is 13.1. The SMILES string of the molecule is CC1=NC(C#Cc2ccc(C#N)c(C(=O)N3CCc4ccccc4C3)c2)CS1. The number of hydrogen-bond donors (Lipinski definition) is 0. The number of amides is 1. The highest BCUT2D eigenvalue weighted by Crippen LogP contribution is 2.22. The zero-order valence-electron chi connectivity index (χ0n) is 15.6. The lowest BCUT2D eigenvalue weighted by atomic mass is 9.98. The van der Waals surface area contributed by atoms with Gasteiger partial charge in [0.2, 0.25) is 0 Å². The van der Waals surface area contributed by atoms with Crippen molar-refractivity contribution in [3.05, 3.63) is 70.3 Å². The molecule has 2 aromatic rings. The van der Waals surface area contributed by atoms with Gasteiger partial charge in [0.15, 0.2) is 0 Å². The molecule has 2 aromatic carbocycles. The van der Waals surface area contributed by atoms with Crippen molar-refractivity contribution in [2.45, 2.75) is 25.9 Å². The summed E-state index contributed by atoms with van der Waals surface area (Å²) in [5, 5.41) is 10.5. The van der Waals surface area contributed by atoms with E-state index in [2.05, 4.69) is 35.0 Å². The van der Waals surface area contributed by atoms with Gasteiger partial charge in [0.1, 0.15) is 6.04 Å². The van der Waals surface area contributed by atoms with Crippen LogP contribution in [0.15, 0.2) is 47.5 Å². The van der Waals surface area contributed by atoms with Crippen LogP contribution >= 0.6 is 11.8 Å². The molecule has 0 fully saturated rings. The summed E-state index contributed by atoms with van der Waals surface area (Å²) in [6.07, 6.45) is 0.833. The number of rotatable bonds is 1. The van der Waals surface area contributed by atoms with E-state index in [4.69, 9.17) is 0 Å². The Morgan fingerprint density at radius 3 is 2.82 bits per heavy atom. The zero-order valence-corrected chi connectivity index (χ0v) is 16.4. The Morgan fingerprint density at radius 2 is 2.07 bits per heavy atom. The molecular weight excluding hydrogens is 366 g/mol. The average molecular weight is 385 g/mol. The van der Waals surface area contributed by atoms with Crippen molar-refractivity contribution in [1.29, 1.82) is 5.26 Å². The molecule has 0 aliphatic carbocycles. The number of nitriles is 1. The molecule has 0 bridgehead atoms. The molecule has 138 valence electrons. The normalized spacial score (nSPS) is 17.8. The van der Waals surface area contributed by atoms with Crippen LogP contribution in [-0.2, 0) is 13.0 Å². The predicted octanol–water partition coefficient (Wildman–Crippen LogP) is 3.64. The van der Waals surface area contributed by atoms with Crippen LogP contribution in [-0.4, -0.2) is 34.2 Å². The molecule has 5 heteroatoms. The number of aliphatic imine (C=N–C) groups is 1. The summed E-state index contributed by atoms with van der Waals surface area (Å²) in [5.74, 6) is 7.04. The number of nitrogens with zero attached hydrogens (tertiary/aromatic N) is 3. The molecular formula is C23H19N3OS. The maximum Gasteiger partial charge on any atom is 0.255 e. The van der Waals surface area contributed by atoms with E-state index >= 15 is 0 Å². The van der Waals surface area contributed by atoms with Crippen LogP contribution in [0.4, 0.5) is 0 Å². The van der Waals surface area contributed by atoms with Gasteiger partial charge in [-0.1, -0.05) is 36.1 Å². The first-order chi connectivity index (χ1) is 13.6. The quantitative estimate of drug-likeness (QED) is 0.704. The smallest absolute Gasteiger partial charge is 0.255 e. The molecule has 4 rings (SSSR count). The Bertz CT molecular complexity index is 1070. The molecule has 2 heterocycles. The first-order valence-corrected chi connectivity index (χ1v) is 10.2. The highest BCUT2D eigenvalue weighted by atomic mass is 32.2. The van der Waals surface area contributed by atoms with E-state index in [0.29, 0.717) is 24.2 Å². The molecule has 0 saturated heterocycles. The first-order valence-electron chi connectivity index (χ1n) is 9.23. The molecule has 1 unspecified atom stereocenters. The number of benzene rings is 2. The molecule has 28 heavy (non-hydrogen) atoms. The number of hydrogen-bond acceptors (Lipinski definition) is 4. The van der Waals surface area contributed by atoms with E-state index < -0.39 is 0 Å². The van der Waals surface area contributed by atoms with Gasteiger partial charge >= 0.3 is 0 Å². The van der Waals surface area contributed by atoms with Gasteiger partial charge in [-0.15, -0.1) is 11.8 Å². The molecule has 2 aliphatic rings. The summed E-state index contributed by atoms with van der Waals surface area (Å²) in [4.78, 5) is 19.4. The minimum atomic E-state index is -0.111. The summed E-state index contributed by atoms with van der Waals surface area (Å²) in [7, 11) is 0. The summed E-state index contributed by atoms with van der Waals surface area (Å²) in [5.41, 5.74) is 4.01. The van der Waals surface area contributed by atoms with E-state index in [1.807, 2.05) is 24.0 Å². The van der Waals surface area contributed by atoms with Crippen molar-refractivity contribution in [3.63, 3.8) is 0 Å². The third-order valence-electron chi connectivity index (χ3n) is 4.96. The Balaban J connectivity index is 1.59. The van der Waals surface area contributed by atoms with Crippen molar-refractivity contribution >= 4 is 22.7 Å². The first kappa shape index (κ1) is 18.3. The van der Waals surface area contributed by atoms with Gasteiger partial charge in [0.25, 0.3) is 5.91 Å². The second-order valence-corrected chi connectivity index (χ2v) is 8.07. The molecule has 0 saturated carbocycles. The topological polar surface area (TPSA) is 56.5 Å². The van der Waals surface area contributed by atoms with Crippen LogP contribution in [0.1, 0.15) is 39.5 Å². The highest BCUT2D eigenvalue weighted by Gasteiger charge is 2.23. The van der Waals surface area contributed by atoms with Gasteiger partial charge in [0.05, 0.1) is 22.2 Å². The molecule has 1 atom stereocenters. The largest absolute Gasteiger partial charge is 0.334 e. The summed E-state index contributed by atoms with van der Waals surface area (Å²) in [6, 6.07) is 15.6. The molecule has 0 aromatic heterocycles. The van der Waals surface area contributed by atoms with Gasteiger partial charge in [-0.2, -0.15) is 5.26 Å². The molecule has 1 amide bonds. The van der Waals surface area contributed by atoms with Gasteiger partial charge in [-0.05, 0) is 42.7 Å². The van der Waals surface area contributed by atoms with Crippen LogP contribution in [0, 0.1) is 23.2 Å². The molecule has 2 aliphatic heterocycles. The Hall–Kier alpha value is -3.02. The Labute approximate surface area is 169 Å². The molecule has 0 spiro atoms. The minimum Gasteiger partial charge on any atom is -0.334 e. The van der Waals surface area contributed by atoms with E-state index in [1.54, 1.807) is 30.0 Å². The fourth-order valence-corrected chi connectivity index (χ4v) is 4.23. The minimum absolute atomic E-state index is 0.00149. The third kappa shape index (κ3) is 3.81. The van der Waals surface area contributed by atoms with Crippen LogP contribution < -0.4 is 0 Å². The van der Waals surface area contributed by atoms with Crippen molar-refractivity contribution < 1.29 is 4.79 Å². The van der Waals surface area contributed by atoms with E-state index in [9.17, 15) is 10.1 Å². The monoisotopic (exact) mass is 385 g/mol. The van der Waals surface area contributed by atoms with Crippen molar-refractivity contribution in [3.8, 4) is 17.9 Å². The third-order valence-corrected chi connectivity index (χ3v) is 5.96. The molecule has 0 N–H and O–H groups in total. The van der Waals surface area contributed by atoms with Gasteiger partial charge in [0, 0.05) is 24.4 Å². The fourth-order valence-electron chi connectivity index (χ4n) is 3.47. The highest BCUT2D eigenvalue weighted by molar-refractivity contribution is 8.14. The maximum atomic E-state index is 13.1. The number of fused-ring (bicyclic) bond motifs is 1. The summed E-state index contributed by atoms with van der Waals surface area (Å²) < 4.78 is 0. The van der Waals surface area contributed by atoms with Gasteiger partial charge in [-0.3, -0.25) is 9.79 Å². The van der Waals surface area contributed by atoms with E-state index in [0.717, 1.165) is 22.8 Å². The van der Waals surface area contributed by atoms with E-state index in [-0.39, 0.29) is 11.9 Å². The predicted molar refractivity (Wildman–Crippen MR) is 112 cm³/mol. The van der Waals surface area contributed by atoms with Crippen molar-refractivity contribution in [2.75, 3.05) is 12.3 Å². The standard InChI is InChI=1S/C23H19N3OS/c1-16-25-21(15-28-16)9-7-17-6-8-19(13-24)22(12-17)23(27)26-11-10-18-4-2-3-5-20(18)14-26/h2-6,8,12,21H,10-11,14-15H2,1H3. The van der Waals surface area contributed by atoms with Gasteiger partial charge < -0.3 is 4.90 Å². The van der Waals surface area contributed by atoms with Crippen molar-refractivity contribution in [1.82, 2.24) is 4.90 Å².